The molecule has 1 spiro atoms. The van der Waals surface area contributed by atoms with Crippen LogP contribution < -0.4 is 4.90 Å². The van der Waals surface area contributed by atoms with E-state index in [0.29, 0.717) is 38.5 Å². The Balaban J connectivity index is 1.36. The van der Waals surface area contributed by atoms with Gasteiger partial charge in [0, 0.05) is 38.0 Å². The molecule has 3 saturated heterocycles. The molecule has 2 bridgehead atoms. The predicted octanol–water partition coefficient (Wildman–Crippen LogP) is 2.71. The van der Waals surface area contributed by atoms with E-state index in [4.69, 9.17) is 4.74 Å². The topological polar surface area (TPSA) is 65.9 Å². The summed E-state index contributed by atoms with van der Waals surface area (Å²) in [6.45, 7) is 1.67. The molecule has 3 aliphatic heterocycles. The molecule has 4 heterocycles. The van der Waals surface area contributed by atoms with Gasteiger partial charge in [-0.25, -0.2) is 4.98 Å². The van der Waals surface area contributed by atoms with Gasteiger partial charge in [-0.2, -0.15) is 13.2 Å². The monoisotopic (exact) mass is 439 g/mol. The second-order valence-electron chi connectivity index (χ2n) is 9.56. The van der Waals surface area contributed by atoms with Gasteiger partial charge in [-0.1, -0.05) is 18.9 Å². The highest BCUT2D eigenvalue weighted by atomic mass is 19.4. The fourth-order valence-electron chi connectivity index (χ4n) is 6.15. The van der Waals surface area contributed by atoms with E-state index in [9.17, 15) is 23.1 Å². The number of pyridine rings is 1. The molecule has 1 N–H and O–H groups in total. The molecule has 4 atom stereocenters. The zero-order valence-corrected chi connectivity index (χ0v) is 17.4. The molecule has 4 fully saturated rings. The van der Waals surface area contributed by atoms with Crippen molar-refractivity contribution in [1.29, 1.82) is 0 Å². The van der Waals surface area contributed by atoms with Crippen LogP contribution in [0.5, 0.6) is 0 Å². The van der Waals surface area contributed by atoms with Crippen LogP contribution in [0.25, 0.3) is 0 Å². The van der Waals surface area contributed by atoms with Crippen LogP contribution in [0.3, 0.4) is 0 Å². The van der Waals surface area contributed by atoms with Gasteiger partial charge >= 0.3 is 6.18 Å². The number of morpholine rings is 1. The van der Waals surface area contributed by atoms with Crippen molar-refractivity contribution in [2.24, 2.45) is 17.8 Å². The van der Waals surface area contributed by atoms with Crippen molar-refractivity contribution < 1.29 is 27.8 Å². The summed E-state index contributed by atoms with van der Waals surface area (Å²) >= 11 is 0. The summed E-state index contributed by atoms with van der Waals surface area (Å²) < 4.78 is 45.8. The van der Waals surface area contributed by atoms with Crippen LogP contribution >= 0.6 is 0 Å². The van der Waals surface area contributed by atoms with Crippen LogP contribution in [-0.2, 0) is 15.7 Å². The lowest BCUT2D eigenvalue weighted by molar-refractivity contribution is -0.152. The molecule has 31 heavy (non-hydrogen) atoms. The zero-order valence-electron chi connectivity index (χ0n) is 17.4. The zero-order chi connectivity index (χ0) is 21.8. The molecule has 0 aromatic carbocycles. The largest absolute Gasteiger partial charge is 0.433 e. The highest BCUT2D eigenvalue weighted by Gasteiger charge is 2.63. The molecule has 0 radical (unpaired) electrons. The smallest absolute Gasteiger partial charge is 0.396 e. The third-order valence-corrected chi connectivity index (χ3v) is 7.64. The Labute approximate surface area is 179 Å². The summed E-state index contributed by atoms with van der Waals surface area (Å²) in [6.07, 6.45) is 0.377. The number of fused-ring (bicyclic) bond motifs is 1. The quantitative estimate of drug-likeness (QED) is 0.782. The van der Waals surface area contributed by atoms with E-state index in [0.717, 1.165) is 18.9 Å². The number of halogens is 3. The maximum atomic E-state index is 13.1. The Hall–Kier alpha value is -1.87. The average Bonchev–Trinajstić information content (AvgIpc) is 3.40. The van der Waals surface area contributed by atoms with Gasteiger partial charge in [0.15, 0.2) is 0 Å². The summed E-state index contributed by atoms with van der Waals surface area (Å²) in [7, 11) is 0. The third-order valence-electron chi connectivity index (χ3n) is 7.64. The molecule has 170 valence electrons. The number of aromatic nitrogens is 1. The number of carbonyl (C=O) groups is 1. The standard InChI is InChI=1S/C22H28F3N3O3/c23-22(24,25)18-6-3-7-19(26-18)27-9-16-15(11-29)17-10-28(13-21(16,12-27)31-17)20(30)8-14-4-1-2-5-14/h3,6-7,14-17,29H,1-2,4-5,8-13H2/t15-,16+,17+,21-/m0/s1. The Bertz CT molecular complexity index is 845. The fourth-order valence-corrected chi connectivity index (χ4v) is 6.15. The third kappa shape index (κ3) is 3.69. The molecule has 1 aliphatic carbocycles. The van der Waals surface area contributed by atoms with Crippen molar-refractivity contribution >= 4 is 11.7 Å². The Morgan fingerprint density at radius 2 is 2.00 bits per heavy atom. The summed E-state index contributed by atoms with van der Waals surface area (Å²) in [5, 5.41) is 10.1. The molecule has 4 aliphatic rings. The highest BCUT2D eigenvalue weighted by Crippen LogP contribution is 2.50. The number of alkyl halides is 3. The fraction of sp³-hybridized carbons (Fsp3) is 0.727. The Morgan fingerprint density at radius 3 is 2.71 bits per heavy atom. The first-order valence-corrected chi connectivity index (χ1v) is 11.1. The summed E-state index contributed by atoms with van der Waals surface area (Å²) in [5.41, 5.74) is -1.59. The highest BCUT2D eigenvalue weighted by molar-refractivity contribution is 5.77. The van der Waals surface area contributed by atoms with E-state index in [-0.39, 0.29) is 36.3 Å². The number of hydrogen-bond donors (Lipinski definition) is 1. The van der Waals surface area contributed by atoms with Crippen molar-refractivity contribution in [1.82, 2.24) is 9.88 Å². The first kappa shape index (κ1) is 21.0. The molecule has 5 rings (SSSR count). The van der Waals surface area contributed by atoms with Gasteiger partial charge < -0.3 is 19.6 Å². The minimum absolute atomic E-state index is 0.0527. The van der Waals surface area contributed by atoms with Crippen molar-refractivity contribution in [3.05, 3.63) is 23.9 Å². The number of rotatable bonds is 4. The van der Waals surface area contributed by atoms with Crippen molar-refractivity contribution in [2.45, 2.75) is 50.0 Å². The van der Waals surface area contributed by atoms with E-state index in [2.05, 4.69) is 4.98 Å². The lowest BCUT2D eigenvalue weighted by Crippen LogP contribution is -2.56. The number of aliphatic hydroxyl groups excluding tert-OH is 1. The summed E-state index contributed by atoms with van der Waals surface area (Å²) in [4.78, 5) is 20.5. The lowest BCUT2D eigenvalue weighted by atomic mass is 9.83. The number of aliphatic hydroxyl groups is 1. The maximum Gasteiger partial charge on any atom is 0.433 e. The molecule has 9 heteroatoms. The molecule has 1 aromatic heterocycles. The van der Waals surface area contributed by atoms with E-state index >= 15 is 0 Å². The van der Waals surface area contributed by atoms with Gasteiger partial charge in [-0.05, 0) is 30.9 Å². The second-order valence-corrected chi connectivity index (χ2v) is 9.56. The van der Waals surface area contributed by atoms with Crippen LogP contribution in [0, 0.1) is 17.8 Å². The van der Waals surface area contributed by atoms with Gasteiger partial charge in [0.2, 0.25) is 5.91 Å². The van der Waals surface area contributed by atoms with Gasteiger partial charge in [0.05, 0.1) is 19.2 Å². The SMILES string of the molecule is O=C(CC1CCCC1)N1C[C@H]2O[C@]3(C1)CN(c1cccc(C(F)(F)F)n1)C[C@@H]3[C@@H]2CO. The van der Waals surface area contributed by atoms with E-state index in [1.807, 2.05) is 9.80 Å². The predicted molar refractivity (Wildman–Crippen MR) is 106 cm³/mol. The van der Waals surface area contributed by atoms with Gasteiger partial charge in [-0.15, -0.1) is 0 Å². The van der Waals surface area contributed by atoms with Gasteiger partial charge in [0.1, 0.15) is 17.1 Å². The number of ether oxygens (including phenoxy) is 1. The van der Waals surface area contributed by atoms with E-state index in [1.54, 1.807) is 6.07 Å². The second kappa shape index (κ2) is 7.62. The number of nitrogens with zero attached hydrogens (tertiary/aromatic N) is 3. The van der Waals surface area contributed by atoms with Crippen LogP contribution in [0.4, 0.5) is 19.0 Å². The number of anilines is 1. The van der Waals surface area contributed by atoms with Crippen molar-refractivity contribution in [3.8, 4) is 0 Å². The molecule has 0 unspecified atom stereocenters. The minimum atomic E-state index is -4.51. The summed E-state index contributed by atoms with van der Waals surface area (Å²) in [5.74, 6) is 0.643. The number of likely N-dealkylation sites (tertiary alicyclic amines) is 1. The lowest BCUT2D eigenvalue weighted by Gasteiger charge is -2.40. The molecular weight excluding hydrogens is 411 g/mol. The molecular formula is C22H28F3N3O3. The van der Waals surface area contributed by atoms with E-state index in [1.165, 1.54) is 18.9 Å². The average molecular weight is 439 g/mol. The summed E-state index contributed by atoms with van der Waals surface area (Å²) in [6, 6.07) is 3.90. The van der Waals surface area contributed by atoms with Gasteiger partial charge in [0.25, 0.3) is 0 Å². The normalized spacial score (nSPS) is 33.2. The van der Waals surface area contributed by atoms with Crippen molar-refractivity contribution in [3.63, 3.8) is 0 Å². The minimum Gasteiger partial charge on any atom is -0.396 e. The molecule has 1 aromatic rings. The maximum absolute atomic E-state index is 13.1. The Morgan fingerprint density at radius 1 is 1.23 bits per heavy atom. The molecule has 1 amide bonds. The van der Waals surface area contributed by atoms with Crippen LogP contribution in [0.1, 0.15) is 37.8 Å². The Kier molecular flexibility index (Phi) is 5.16. The first-order chi connectivity index (χ1) is 14.8. The number of amides is 1. The van der Waals surface area contributed by atoms with Gasteiger partial charge in [-0.3, -0.25) is 4.79 Å². The van der Waals surface area contributed by atoms with Crippen LogP contribution in [0.15, 0.2) is 18.2 Å². The molecule has 1 saturated carbocycles. The molecule has 6 nitrogen and oxygen atoms in total. The van der Waals surface area contributed by atoms with Crippen molar-refractivity contribution in [2.75, 3.05) is 37.7 Å². The van der Waals surface area contributed by atoms with Crippen LogP contribution in [-0.4, -0.2) is 65.4 Å². The van der Waals surface area contributed by atoms with Crippen LogP contribution in [0.2, 0.25) is 0 Å². The van der Waals surface area contributed by atoms with E-state index < -0.39 is 17.5 Å². The number of carbonyl (C=O) groups excluding carboxylic acids is 1. The first-order valence-electron chi connectivity index (χ1n) is 11.1. The number of hydrogen-bond acceptors (Lipinski definition) is 5.